The summed E-state index contributed by atoms with van der Waals surface area (Å²) in [5.74, 6) is 0. The predicted octanol–water partition coefficient (Wildman–Crippen LogP) is 1.79. The molecule has 1 saturated heterocycles. The van der Waals surface area contributed by atoms with E-state index in [1.54, 1.807) is 0 Å². The van der Waals surface area contributed by atoms with Crippen molar-refractivity contribution < 1.29 is 0 Å². The minimum atomic E-state index is 0.639. The van der Waals surface area contributed by atoms with Crippen molar-refractivity contribution in [1.29, 1.82) is 0 Å². The second kappa shape index (κ2) is 8.90. The molecule has 0 saturated carbocycles. The van der Waals surface area contributed by atoms with E-state index in [1.807, 2.05) is 0 Å². The van der Waals surface area contributed by atoms with Crippen LogP contribution in [0, 0.1) is 0 Å². The Morgan fingerprint density at radius 1 is 0.941 bits per heavy atom. The molecule has 102 valence electrons. The number of rotatable bonds is 8. The minimum absolute atomic E-state index is 0.639. The van der Waals surface area contributed by atoms with Crippen LogP contribution in [0.1, 0.15) is 39.5 Å². The van der Waals surface area contributed by atoms with Gasteiger partial charge in [-0.15, -0.1) is 0 Å². The fourth-order valence-electron chi connectivity index (χ4n) is 2.28. The monoisotopic (exact) mass is 241 g/mol. The number of hydrogen-bond acceptors (Lipinski definition) is 3. The van der Waals surface area contributed by atoms with E-state index in [4.69, 9.17) is 0 Å². The lowest BCUT2D eigenvalue weighted by Crippen LogP contribution is -2.44. The van der Waals surface area contributed by atoms with Crippen LogP contribution in [0.25, 0.3) is 0 Å². The van der Waals surface area contributed by atoms with E-state index in [9.17, 15) is 0 Å². The standard InChI is InChI=1S/C14H31N3/c1-14(2)15-8-6-4-5-7-9-17-12-10-16(3)11-13-17/h14-15H,4-13H2,1-3H3. The SMILES string of the molecule is CC(C)NCCCCCCN1CCN(C)CC1. The third-order valence-corrected chi connectivity index (χ3v) is 3.55. The Morgan fingerprint density at radius 2 is 1.59 bits per heavy atom. The van der Waals surface area contributed by atoms with Crippen molar-refractivity contribution in [2.24, 2.45) is 0 Å². The molecule has 1 heterocycles. The Labute approximate surface area is 108 Å². The summed E-state index contributed by atoms with van der Waals surface area (Å²) in [6, 6.07) is 0.639. The van der Waals surface area contributed by atoms with Crippen LogP contribution in [0.4, 0.5) is 0 Å². The van der Waals surface area contributed by atoms with Gasteiger partial charge in [0.15, 0.2) is 0 Å². The van der Waals surface area contributed by atoms with Gasteiger partial charge in [-0.3, -0.25) is 0 Å². The summed E-state index contributed by atoms with van der Waals surface area (Å²) in [4.78, 5) is 5.04. The molecule has 0 unspecified atom stereocenters. The lowest BCUT2D eigenvalue weighted by atomic mass is 10.1. The quantitative estimate of drug-likeness (QED) is 0.654. The maximum absolute atomic E-state index is 3.47. The molecule has 0 amide bonds. The molecule has 1 rings (SSSR count). The Kier molecular flexibility index (Phi) is 7.82. The van der Waals surface area contributed by atoms with Crippen molar-refractivity contribution in [3.05, 3.63) is 0 Å². The van der Waals surface area contributed by atoms with Gasteiger partial charge < -0.3 is 15.1 Å². The lowest BCUT2D eigenvalue weighted by molar-refractivity contribution is 0.152. The van der Waals surface area contributed by atoms with Crippen LogP contribution < -0.4 is 5.32 Å². The van der Waals surface area contributed by atoms with Gasteiger partial charge in [-0.1, -0.05) is 26.7 Å². The van der Waals surface area contributed by atoms with Crippen LogP contribution in [0.5, 0.6) is 0 Å². The average molecular weight is 241 g/mol. The molecule has 0 aliphatic carbocycles. The first-order valence-electron chi connectivity index (χ1n) is 7.33. The fraction of sp³-hybridized carbons (Fsp3) is 1.00. The first kappa shape index (κ1) is 14.9. The van der Waals surface area contributed by atoms with Gasteiger partial charge in [0.2, 0.25) is 0 Å². The van der Waals surface area contributed by atoms with Gasteiger partial charge >= 0.3 is 0 Å². The van der Waals surface area contributed by atoms with Crippen LogP contribution >= 0.6 is 0 Å². The number of nitrogens with one attached hydrogen (secondary N) is 1. The van der Waals surface area contributed by atoms with Crippen molar-refractivity contribution in [2.75, 3.05) is 46.3 Å². The third-order valence-electron chi connectivity index (χ3n) is 3.55. The summed E-state index contributed by atoms with van der Waals surface area (Å²) in [5, 5.41) is 3.47. The highest BCUT2D eigenvalue weighted by Gasteiger charge is 2.12. The second-order valence-electron chi connectivity index (χ2n) is 5.67. The summed E-state index contributed by atoms with van der Waals surface area (Å²) in [6.45, 7) is 12.0. The molecule has 0 radical (unpaired) electrons. The van der Waals surface area contributed by atoms with E-state index in [-0.39, 0.29) is 0 Å². The van der Waals surface area contributed by atoms with Gasteiger partial charge in [-0.05, 0) is 33.0 Å². The van der Waals surface area contributed by atoms with E-state index in [0.29, 0.717) is 6.04 Å². The van der Waals surface area contributed by atoms with Crippen molar-refractivity contribution in [3.63, 3.8) is 0 Å². The molecule has 17 heavy (non-hydrogen) atoms. The summed E-state index contributed by atoms with van der Waals surface area (Å²) in [5.41, 5.74) is 0. The Balaban J connectivity index is 1.84. The molecule has 3 nitrogen and oxygen atoms in total. The highest BCUT2D eigenvalue weighted by atomic mass is 15.2. The molecule has 3 heteroatoms. The Morgan fingerprint density at radius 3 is 2.24 bits per heavy atom. The highest BCUT2D eigenvalue weighted by molar-refractivity contribution is 4.68. The third kappa shape index (κ3) is 7.74. The van der Waals surface area contributed by atoms with Crippen LogP contribution in [-0.4, -0.2) is 62.2 Å². The average Bonchev–Trinajstić information content (AvgIpc) is 2.30. The van der Waals surface area contributed by atoms with Crippen molar-refractivity contribution in [1.82, 2.24) is 15.1 Å². The van der Waals surface area contributed by atoms with E-state index in [2.05, 4.69) is 36.0 Å². The molecule has 1 aliphatic rings. The zero-order chi connectivity index (χ0) is 12.5. The molecule has 0 aromatic rings. The Bertz CT molecular complexity index is 174. The number of unbranched alkanes of at least 4 members (excludes halogenated alkanes) is 3. The molecular formula is C14H31N3. The number of nitrogens with zero attached hydrogens (tertiary/aromatic N) is 2. The minimum Gasteiger partial charge on any atom is -0.315 e. The topological polar surface area (TPSA) is 18.5 Å². The smallest absolute Gasteiger partial charge is 0.0110 e. The largest absolute Gasteiger partial charge is 0.315 e. The molecule has 0 spiro atoms. The van der Waals surface area contributed by atoms with Crippen LogP contribution in [-0.2, 0) is 0 Å². The molecule has 1 aliphatic heterocycles. The van der Waals surface area contributed by atoms with E-state index >= 15 is 0 Å². The van der Waals surface area contributed by atoms with Gasteiger partial charge in [-0.2, -0.15) is 0 Å². The molecule has 0 bridgehead atoms. The molecule has 1 fully saturated rings. The van der Waals surface area contributed by atoms with Gasteiger partial charge in [0.25, 0.3) is 0 Å². The van der Waals surface area contributed by atoms with Gasteiger partial charge in [-0.25, -0.2) is 0 Å². The zero-order valence-corrected chi connectivity index (χ0v) is 12.0. The van der Waals surface area contributed by atoms with E-state index in [1.165, 1.54) is 65.0 Å². The number of piperazine rings is 1. The zero-order valence-electron chi connectivity index (χ0n) is 12.0. The number of hydrogen-bond donors (Lipinski definition) is 1. The molecule has 1 N–H and O–H groups in total. The number of likely N-dealkylation sites (N-methyl/N-ethyl adjacent to an activating group) is 1. The van der Waals surface area contributed by atoms with Crippen molar-refractivity contribution in [2.45, 2.75) is 45.6 Å². The summed E-state index contributed by atoms with van der Waals surface area (Å²) < 4.78 is 0. The van der Waals surface area contributed by atoms with Crippen LogP contribution in [0.2, 0.25) is 0 Å². The van der Waals surface area contributed by atoms with Gasteiger partial charge in [0.1, 0.15) is 0 Å². The highest BCUT2D eigenvalue weighted by Crippen LogP contribution is 2.04. The van der Waals surface area contributed by atoms with Crippen LogP contribution in [0.15, 0.2) is 0 Å². The normalized spacial score (nSPS) is 19.1. The summed E-state index contributed by atoms with van der Waals surface area (Å²) in [6.07, 6.45) is 5.49. The predicted molar refractivity (Wildman–Crippen MR) is 75.5 cm³/mol. The molecule has 0 aromatic carbocycles. The molecular weight excluding hydrogens is 210 g/mol. The molecule has 0 atom stereocenters. The maximum atomic E-state index is 3.47. The Hall–Kier alpha value is -0.120. The fourth-order valence-corrected chi connectivity index (χ4v) is 2.28. The van der Waals surface area contributed by atoms with Gasteiger partial charge in [0, 0.05) is 32.2 Å². The van der Waals surface area contributed by atoms with E-state index in [0.717, 1.165) is 0 Å². The van der Waals surface area contributed by atoms with Gasteiger partial charge in [0.05, 0.1) is 0 Å². The molecule has 0 aromatic heterocycles. The van der Waals surface area contributed by atoms with Crippen molar-refractivity contribution >= 4 is 0 Å². The maximum Gasteiger partial charge on any atom is 0.0110 e. The van der Waals surface area contributed by atoms with Crippen LogP contribution in [0.3, 0.4) is 0 Å². The summed E-state index contributed by atoms with van der Waals surface area (Å²) >= 11 is 0. The first-order valence-corrected chi connectivity index (χ1v) is 7.33. The lowest BCUT2D eigenvalue weighted by Gasteiger charge is -2.32. The first-order chi connectivity index (χ1) is 8.18. The summed E-state index contributed by atoms with van der Waals surface area (Å²) in [7, 11) is 2.22. The van der Waals surface area contributed by atoms with Crippen molar-refractivity contribution in [3.8, 4) is 0 Å². The second-order valence-corrected chi connectivity index (χ2v) is 5.67. The van der Waals surface area contributed by atoms with E-state index < -0.39 is 0 Å².